The van der Waals surface area contributed by atoms with Crippen LogP contribution in [-0.4, -0.2) is 28.9 Å². The topological polar surface area (TPSA) is 59.0 Å². The summed E-state index contributed by atoms with van der Waals surface area (Å²) >= 11 is 0. The monoisotopic (exact) mass is 210 g/mol. The van der Waals surface area contributed by atoms with Crippen LogP contribution in [0.3, 0.4) is 0 Å². The second-order valence-corrected chi connectivity index (χ2v) is 3.31. The molecule has 0 aliphatic carbocycles. The van der Waals surface area contributed by atoms with E-state index < -0.39 is 0 Å². The van der Waals surface area contributed by atoms with Crippen LogP contribution in [0.4, 0.5) is 4.79 Å². The highest BCUT2D eigenvalue weighted by Crippen LogP contribution is 1.83. The Hall–Kier alpha value is -1.52. The molecule has 0 radical (unpaired) electrons. The zero-order valence-electron chi connectivity index (χ0n) is 9.07. The van der Waals surface area contributed by atoms with E-state index in [2.05, 4.69) is 22.7 Å². The van der Waals surface area contributed by atoms with Crippen LogP contribution in [0, 0.1) is 0 Å². The van der Waals surface area contributed by atoms with Crippen molar-refractivity contribution in [3.63, 3.8) is 0 Å². The molecule has 5 nitrogen and oxygen atoms in total. The summed E-state index contributed by atoms with van der Waals surface area (Å²) in [5, 5.41) is 9.59. The minimum atomic E-state index is -0.101. The third kappa shape index (κ3) is 5.05. The molecule has 0 bridgehead atoms. The second-order valence-electron chi connectivity index (χ2n) is 3.31. The van der Waals surface area contributed by atoms with E-state index in [1.165, 1.54) is 0 Å². The number of aromatic nitrogens is 2. The van der Waals surface area contributed by atoms with Crippen LogP contribution in [-0.2, 0) is 6.54 Å². The number of hydrogen-bond donors (Lipinski definition) is 2. The van der Waals surface area contributed by atoms with Gasteiger partial charge < -0.3 is 10.6 Å². The van der Waals surface area contributed by atoms with E-state index in [4.69, 9.17) is 0 Å². The highest BCUT2D eigenvalue weighted by Gasteiger charge is 1.97. The van der Waals surface area contributed by atoms with Crippen molar-refractivity contribution < 1.29 is 4.79 Å². The zero-order valence-corrected chi connectivity index (χ0v) is 9.07. The van der Waals surface area contributed by atoms with Gasteiger partial charge >= 0.3 is 6.03 Å². The first-order chi connectivity index (χ1) is 7.33. The predicted molar refractivity (Wildman–Crippen MR) is 58.5 cm³/mol. The van der Waals surface area contributed by atoms with Gasteiger partial charge in [0, 0.05) is 25.5 Å². The van der Waals surface area contributed by atoms with Gasteiger partial charge in [-0.25, -0.2) is 4.79 Å². The molecule has 1 aromatic heterocycles. The molecule has 0 saturated carbocycles. The molecular weight excluding hydrogens is 192 g/mol. The molecule has 0 aliphatic rings. The highest BCUT2D eigenvalue weighted by atomic mass is 16.2. The van der Waals surface area contributed by atoms with Gasteiger partial charge in [-0.1, -0.05) is 13.3 Å². The van der Waals surface area contributed by atoms with Crippen molar-refractivity contribution in [2.45, 2.75) is 26.3 Å². The highest BCUT2D eigenvalue weighted by molar-refractivity contribution is 5.73. The largest absolute Gasteiger partial charge is 0.338 e. The molecule has 2 amide bonds. The maximum Gasteiger partial charge on any atom is 0.314 e. The predicted octanol–water partition coefficient (Wildman–Crippen LogP) is 0.982. The third-order valence-electron chi connectivity index (χ3n) is 2.00. The quantitative estimate of drug-likeness (QED) is 0.688. The van der Waals surface area contributed by atoms with Gasteiger partial charge in [0.2, 0.25) is 0 Å². The van der Waals surface area contributed by atoms with Crippen LogP contribution in [0.5, 0.6) is 0 Å². The minimum Gasteiger partial charge on any atom is -0.338 e. The lowest BCUT2D eigenvalue weighted by Crippen LogP contribution is -2.37. The van der Waals surface area contributed by atoms with Crippen molar-refractivity contribution >= 4 is 6.03 Å². The number of rotatable bonds is 6. The molecular formula is C10H18N4O. The smallest absolute Gasteiger partial charge is 0.314 e. The Labute approximate surface area is 89.9 Å². The van der Waals surface area contributed by atoms with Crippen LogP contribution < -0.4 is 10.6 Å². The summed E-state index contributed by atoms with van der Waals surface area (Å²) in [7, 11) is 0. The summed E-state index contributed by atoms with van der Waals surface area (Å²) in [6.45, 7) is 4.13. The standard InChI is InChI=1S/C10H18N4O/c1-2-3-5-11-10(15)12-7-9-14-8-4-6-13-14/h4,6,8H,2-3,5,7,9H2,1H3,(H2,11,12,15). The van der Waals surface area contributed by atoms with Crippen LogP contribution in [0.25, 0.3) is 0 Å². The van der Waals surface area contributed by atoms with Gasteiger partial charge in [-0.3, -0.25) is 4.68 Å². The van der Waals surface area contributed by atoms with Gasteiger partial charge in [-0.15, -0.1) is 0 Å². The van der Waals surface area contributed by atoms with Gasteiger partial charge in [-0.2, -0.15) is 5.10 Å². The number of amides is 2. The van der Waals surface area contributed by atoms with E-state index in [1.807, 2.05) is 12.3 Å². The van der Waals surface area contributed by atoms with E-state index in [1.54, 1.807) is 10.9 Å². The molecule has 0 atom stereocenters. The molecule has 0 unspecified atom stereocenters. The Morgan fingerprint density at radius 2 is 2.20 bits per heavy atom. The summed E-state index contributed by atoms with van der Waals surface area (Å²) in [4.78, 5) is 11.2. The second kappa shape index (κ2) is 6.86. The lowest BCUT2D eigenvalue weighted by Gasteiger charge is -2.06. The van der Waals surface area contributed by atoms with Crippen molar-refractivity contribution in [3.8, 4) is 0 Å². The fourth-order valence-electron chi connectivity index (χ4n) is 1.16. The molecule has 1 heterocycles. The normalized spacial score (nSPS) is 9.93. The first-order valence-corrected chi connectivity index (χ1v) is 5.32. The van der Waals surface area contributed by atoms with Crippen LogP contribution >= 0.6 is 0 Å². The average molecular weight is 210 g/mol. The van der Waals surface area contributed by atoms with Crippen LogP contribution in [0.15, 0.2) is 18.5 Å². The number of nitrogens with zero attached hydrogens (tertiary/aromatic N) is 2. The zero-order chi connectivity index (χ0) is 10.9. The first kappa shape index (κ1) is 11.6. The van der Waals surface area contributed by atoms with Crippen molar-refractivity contribution in [2.75, 3.05) is 13.1 Å². The Morgan fingerprint density at radius 1 is 1.40 bits per heavy atom. The number of hydrogen-bond acceptors (Lipinski definition) is 2. The fourth-order valence-corrected chi connectivity index (χ4v) is 1.16. The molecule has 0 fully saturated rings. The average Bonchev–Trinajstić information content (AvgIpc) is 2.71. The molecule has 0 aromatic carbocycles. The van der Waals surface area contributed by atoms with Gasteiger partial charge in [0.05, 0.1) is 6.54 Å². The molecule has 5 heteroatoms. The summed E-state index contributed by atoms with van der Waals surface area (Å²) < 4.78 is 1.78. The Kier molecular flexibility index (Phi) is 5.29. The number of carbonyl (C=O) groups is 1. The SMILES string of the molecule is CCCCNC(=O)NCCn1cccn1. The van der Waals surface area contributed by atoms with E-state index in [0.29, 0.717) is 13.1 Å². The third-order valence-corrected chi connectivity index (χ3v) is 2.00. The molecule has 0 spiro atoms. The van der Waals surface area contributed by atoms with Crippen LogP contribution in [0.2, 0.25) is 0 Å². The molecule has 1 aromatic rings. The summed E-state index contributed by atoms with van der Waals surface area (Å²) in [6, 6.07) is 1.76. The number of urea groups is 1. The number of nitrogens with one attached hydrogen (secondary N) is 2. The molecule has 1 rings (SSSR count). The van der Waals surface area contributed by atoms with Crippen LogP contribution in [0.1, 0.15) is 19.8 Å². The van der Waals surface area contributed by atoms with Gasteiger partial charge in [0.15, 0.2) is 0 Å². The summed E-state index contributed by atoms with van der Waals surface area (Å²) in [6.07, 6.45) is 5.71. The van der Waals surface area contributed by atoms with E-state index in [-0.39, 0.29) is 6.03 Å². The Morgan fingerprint density at radius 3 is 2.87 bits per heavy atom. The minimum absolute atomic E-state index is 0.101. The van der Waals surface area contributed by atoms with Gasteiger partial charge in [-0.05, 0) is 12.5 Å². The maximum absolute atomic E-state index is 11.2. The summed E-state index contributed by atoms with van der Waals surface area (Å²) in [5.74, 6) is 0. The lowest BCUT2D eigenvalue weighted by atomic mass is 10.3. The molecule has 0 saturated heterocycles. The van der Waals surface area contributed by atoms with Crippen molar-refractivity contribution in [3.05, 3.63) is 18.5 Å². The van der Waals surface area contributed by atoms with Crippen molar-refractivity contribution in [2.24, 2.45) is 0 Å². The first-order valence-electron chi connectivity index (χ1n) is 5.32. The van der Waals surface area contributed by atoms with E-state index in [0.717, 1.165) is 19.4 Å². The Bertz CT molecular complexity index is 271. The maximum atomic E-state index is 11.2. The van der Waals surface area contributed by atoms with E-state index in [9.17, 15) is 4.79 Å². The molecule has 0 aliphatic heterocycles. The van der Waals surface area contributed by atoms with Gasteiger partial charge in [0.1, 0.15) is 0 Å². The van der Waals surface area contributed by atoms with E-state index >= 15 is 0 Å². The van der Waals surface area contributed by atoms with Crippen molar-refractivity contribution in [1.82, 2.24) is 20.4 Å². The van der Waals surface area contributed by atoms with Gasteiger partial charge in [0.25, 0.3) is 0 Å². The number of carbonyl (C=O) groups excluding carboxylic acids is 1. The molecule has 2 N–H and O–H groups in total. The molecule has 15 heavy (non-hydrogen) atoms. The Balaban J connectivity index is 2.02. The lowest BCUT2D eigenvalue weighted by molar-refractivity contribution is 0.240. The fraction of sp³-hybridized carbons (Fsp3) is 0.600. The summed E-state index contributed by atoms with van der Waals surface area (Å²) in [5.41, 5.74) is 0. The number of unbranched alkanes of at least 4 members (excludes halogenated alkanes) is 1. The molecule has 84 valence electrons. The van der Waals surface area contributed by atoms with Crippen molar-refractivity contribution in [1.29, 1.82) is 0 Å².